The zero-order valence-electron chi connectivity index (χ0n) is 10.4. The van der Waals surface area contributed by atoms with Crippen LogP contribution in [0.5, 0.6) is 0 Å². The summed E-state index contributed by atoms with van der Waals surface area (Å²) < 4.78 is 66.1. The summed E-state index contributed by atoms with van der Waals surface area (Å²) in [6.07, 6.45) is 3.24. The summed E-state index contributed by atoms with van der Waals surface area (Å²) in [6, 6.07) is 0. The molecule has 0 unspecified atom stereocenters. The Morgan fingerprint density at radius 1 is 0.952 bits per heavy atom. The number of allylic oxidation sites excluding steroid dienone is 1. The second-order valence-electron chi connectivity index (χ2n) is 4.28. The van der Waals surface area contributed by atoms with Crippen molar-refractivity contribution in [3.05, 3.63) is 46.8 Å². The van der Waals surface area contributed by atoms with E-state index in [-0.39, 0.29) is 6.54 Å². The normalized spacial score (nSPS) is 15.3. The molecule has 3 nitrogen and oxygen atoms in total. The quantitative estimate of drug-likeness (QED) is 0.346. The summed E-state index contributed by atoms with van der Waals surface area (Å²) in [5.74, 6) is -13.7. The molecule has 0 radical (unpaired) electrons. The Labute approximate surface area is 115 Å². The molecule has 8 heteroatoms. The van der Waals surface area contributed by atoms with Crippen molar-refractivity contribution in [2.75, 3.05) is 6.54 Å². The standard InChI is InChI=1S/C13H8F5NO2/c14-8-7(9(15)11(17)12(18)10(8)16)13(21)19-5-3-1-2-4-6(19)20/h2,4H,1,3,5H2. The van der Waals surface area contributed by atoms with E-state index >= 15 is 0 Å². The summed E-state index contributed by atoms with van der Waals surface area (Å²) in [5.41, 5.74) is -1.63. The molecule has 0 aliphatic carbocycles. The van der Waals surface area contributed by atoms with E-state index < -0.39 is 46.5 Å². The molecule has 0 aromatic heterocycles. The highest BCUT2D eigenvalue weighted by Gasteiger charge is 2.33. The van der Waals surface area contributed by atoms with Gasteiger partial charge in [0.25, 0.3) is 11.8 Å². The molecular weight excluding hydrogens is 297 g/mol. The average molecular weight is 305 g/mol. The van der Waals surface area contributed by atoms with E-state index in [0.29, 0.717) is 17.7 Å². The molecule has 1 heterocycles. The van der Waals surface area contributed by atoms with Crippen molar-refractivity contribution >= 4 is 11.8 Å². The molecule has 0 saturated heterocycles. The van der Waals surface area contributed by atoms with Gasteiger partial charge in [-0.1, -0.05) is 6.08 Å². The number of hydrogen-bond donors (Lipinski definition) is 0. The van der Waals surface area contributed by atoms with Crippen LogP contribution >= 0.6 is 0 Å². The van der Waals surface area contributed by atoms with Crippen LogP contribution in [-0.4, -0.2) is 23.3 Å². The Hall–Kier alpha value is -2.25. The third-order valence-corrected chi connectivity index (χ3v) is 2.95. The maximum Gasteiger partial charge on any atom is 0.266 e. The van der Waals surface area contributed by atoms with Crippen LogP contribution in [0.4, 0.5) is 22.0 Å². The molecule has 21 heavy (non-hydrogen) atoms. The van der Waals surface area contributed by atoms with Crippen LogP contribution in [0.2, 0.25) is 0 Å². The highest BCUT2D eigenvalue weighted by Crippen LogP contribution is 2.24. The lowest BCUT2D eigenvalue weighted by molar-refractivity contribution is -0.123. The molecule has 2 amide bonds. The van der Waals surface area contributed by atoms with E-state index in [1.165, 1.54) is 6.08 Å². The number of hydrogen-bond acceptors (Lipinski definition) is 2. The lowest BCUT2D eigenvalue weighted by Crippen LogP contribution is -2.37. The maximum atomic E-state index is 13.5. The van der Waals surface area contributed by atoms with Crippen LogP contribution < -0.4 is 0 Å². The lowest BCUT2D eigenvalue weighted by atomic mass is 10.1. The fourth-order valence-corrected chi connectivity index (χ4v) is 1.88. The van der Waals surface area contributed by atoms with Crippen LogP contribution in [0.25, 0.3) is 0 Å². The van der Waals surface area contributed by atoms with Crippen molar-refractivity contribution in [1.82, 2.24) is 4.90 Å². The zero-order chi connectivity index (χ0) is 15.7. The van der Waals surface area contributed by atoms with Crippen molar-refractivity contribution in [2.24, 2.45) is 0 Å². The van der Waals surface area contributed by atoms with Gasteiger partial charge in [0.1, 0.15) is 5.56 Å². The number of benzene rings is 1. The fourth-order valence-electron chi connectivity index (χ4n) is 1.88. The molecule has 0 fully saturated rings. The van der Waals surface area contributed by atoms with Gasteiger partial charge in [0, 0.05) is 6.54 Å². The van der Waals surface area contributed by atoms with Gasteiger partial charge in [-0.3, -0.25) is 14.5 Å². The average Bonchev–Trinajstić information content (AvgIpc) is 2.67. The first kappa shape index (κ1) is 15.1. The molecule has 1 aliphatic heterocycles. The first-order valence-electron chi connectivity index (χ1n) is 5.90. The summed E-state index contributed by atoms with van der Waals surface area (Å²) in [5, 5.41) is 0. The Morgan fingerprint density at radius 2 is 1.48 bits per heavy atom. The van der Waals surface area contributed by atoms with Crippen molar-refractivity contribution in [2.45, 2.75) is 12.8 Å². The van der Waals surface area contributed by atoms with E-state index in [0.717, 1.165) is 6.08 Å². The molecule has 1 aromatic carbocycles. The van der Waals surface area contributed by atoms with Crippen LogP contribution in [-0.2, 0) is 4.79 Å². The zero-order valence-corrected chi connectivity index (χ0v) is 10.4. The Balaban J connectivity index is 2.54. The largest absolute Gasteiger partial charge is 0.275 e. The molecule has 0 spiro atoms. The summed E-state index contributed by atoms with van der Waals surface area (Å²) in [7, 11) is 0. The number of rotatable bonds is 1. The number of halogens is 5. The third-order valence-electron chi connectivity index (χ3n) is 2.95. The predicted molar refractivity (Wildman–Crippen MR) is 60.6 cm³/mol. The van der Waals surface area contributed by atoms with Crippen LogP contribution in [0, 0.1) is 29.1 Å². The summed E-state index contributed by atoms with van der Waals surface area (Å²) in [4.78, 5) is 24.0. The van der Waals surface area contributed by atoms with Gasteiger partial charge in [0.2, 0.25) is 5.82 Å². The van der Waals surface area contributed by atoms with Gasteiger partial charge in [-0.15, -0.1) is 0 Å². The molecular formula is C13H8F5NO2. The highest BCUT2D eigenvalue weighted by atomic mass is 19.2. The van der Waals surface area contributed by atoms with Crippen molar-refractivity contribution in [1.29, 1.82) is 0 Å². The molecule has 0 N–H and O–H groups in total. The van der Waals surface area contributed by atoms with Gasteiger partial charge in [-0.25, -0.2) is 22.0 Å². The van der Waals surface area contributed by atoms with Crippen molar-refractivity contribution < 1.29 is 31.5 Å². The smallest absolute Gasteiger partial charge is 0.266 e. The van der Waals surface area contributed by atoms with Crippen LogP contribution in [0.1, 0.15) is 23.2 Å². The van der Waals surface area contributed by atoms with E-state index in [9.17, 15) is 31.5 Å². The predicted octanol–water partition coefficient (Wildman–Crippen LogP) is 2.70. The van der Waals surface area contributed by atoms with E-state index in [2.05, 4.69) is 0 Å². The van der Waals surface area contributed by atoms with Gasteiger partial charge < -0.3 is 0 Å². The minimum Gasteiger partial charge on any atom is -0.275 e. The molecule has 112 valence electrons. The third kappa shape index (κ3) is 2.53. The van der Waals surface area contributed by atoms with Gasteiger partial charge >= 0.3 is 0 Å². The lowest BCUT2D eigenvalue weighted by Gasteiger charge is -2.18. The number of carbonyl (C=O) groups excluding carboxylic acids is 2. The number of carbonyl (C=O) groups is 2. The number of amides is 2. The Morgan fingerprint density at radius 3 is 2.05 bits per heavy atom. The first-order chi connectivity index (χ1) is 9.86. The second-order valence-corrected chi connectivity index (χ2v) is 4.28. The Bertz CT molecular complexity index is 627. The number of imide groups is 1. The first-order valence-corrected chi connectivity index (χ1v) is 5.90. The topological polar surface area (TPSA) is 37.4 Å². The van der Waals surface area contributed by atoms with Crippen molar-refractivity contribution in [3.63, 3.8) is 0 Å². The van der Waals surface area contributed by atoms with E-state index in [1.54, 1.807) is 0 Å². The molecule has 0 bridgehead atoms. The number of nitrogens with zero attached hydrogens (tertiary/aromatic N) is 1. The van der Waals surface area contributed by atoms with Gasteiger partial charge in [0.15, 0.2) is 23.3 Å². The molecule has 1 aromatic rings. The second kappa shape index (κ2) is 5.63. The maximum absolute atomic E-state index is 13.5. The van der Waals surface area contributed by atoms with E-state index in [4.69, 9.17) is 0 Å². The van der Waals surface area contributed by atoms with Gasteiger partial charge in [-0.05, 0) is 18.9 Å². The SMILES string of the molecule is O=C1C=CCCCN1C(=O)c1c(F)c(F)c(F)c(F)c1F. The van der Waals surface area contributed by atoms with Gasteiger partial charge in [-0.2, -0.15) is 0 Å². The minimum atomic E-state index is -2.36. The monoisotopic (exact) mass is 305 g/mol. The van der Waals surface area contributed by atoms with Crippen LogP contribution in [0.3, 0.4) is 0 Å². The summed E-state index contributed by atoms with van der Waals surface area (Å²) >= 11 is 0. The molecule has 2 rings (SSSR count). The fraction of sp³-hybridized carbons (Fsp3) is 0.231. The molecule has 1 aliphatic rings. The Kier molecular flexibility index (Phi) is 4.06. The molecule has 0 atom stereocenters. The van der Waals surface area contributed by atoms with Gasteiger partial charge in [0.05, 0.1) is 0 Å². The van der Waals surface area contributed by atoms with Crippen LogP contribution in [0.15, 0.2) is 12.2 Å². The highest BCUT2D eigenvalue weighted by molar-refractivity contribution is 6.08. The molecule has 0 saturated carbocycles. The van der Waals surface area contributed by atoms with Crippen molar-refractivity contribution in [3.8, 4) is 0 Å². The van der Waals surface area contributed by atoms with E-state index in [1.807, 2.05) is 0 Å². The summed E-state index contributed by atoms with van der Waals surface area (Å²) in [6.45, 7) is -0.176. The minimum absolute atomic E-state index is 0.176.